The summed E-state index contributed by atoms with van der Waals surface area (Å²) in [6, 6.07) is 18.4. The molecule has 1 aromatic heterocycles. The molecule has 3 nitrogen and oxygen atoms in total. The molecule has 0 aliphatic heterocycles. The number of fused-ring (bicyclic) bond motifs is 3. The van der Waals surface area contributed by atoms with Crippen molar-refractivity contribution in [3.8, 4) is 11.1 Å². The third-order valence-corrected chi connectivity index (χ3v) is 5.81. The first-order chi connectivity index (χ1) is 14.0. The van der Waals surface area contributed by atoms with Crippen LogP contribution in [-0.2, 0) is 10.8 Å². The molecule has 4 aromatic rings. The summed E-state index contributed by atoms with van der Waals surface area (Å²) in [7, 11) is -1.57. The second kappa shape index (κ2) is 7.00. The Labute approximate surface area is 178 Å². The molecule has 0 spiro atoms. The third kappa shape index (κ3) is 3.55. The Morgan fingerprint density at radius 3 is 1.77 bits per heavy atom. The summed E-state index contributed by atoms with van der Waals surface area (Å²) in [4.78, 5) is 0. The maximum atomic E-state index is 9.78. The molecule has 0 atom stereocenters. The molecule has 3 aromatic carbocycles. The van der Waals surface area contributed by atoms with Crippen molar-refractivity contribution in [3.05, 3.63) is 65.7 Å². The van der Waals surface area contributed by atoms with Crippen LogP contribution in [0.3, 0.4) is 0 Å². The Morgan fingerprint density at radius 1 is 0.700 bits per heavy atom. The highest BCUT2D eigenvalue weighted by Crippen LogP contribution is 2.39. The van der Waals surface area contributed by atoms with Crippen LogP contribution in [-0.4, -0.2) is 17.2 Å². The zero-order valence-corrected chi connectivity index (χ0v) is 18.6. The van der Waals surface area contributed by atoms with Crippen LogP contribution in [0.1, 0.15) is 52.7 Å². The molecule has 0 aliphatic rings. The van der Waals surface area contributed by atoms with Gasteiger partial charge in [0.25, 0.3) is 0 Å². The van der Waals surface area contributed by atoms with E-state index in [1.165, 1.54) is 11.1 Å². The molecule has 30 heavy (non-hydrogen) atoms. The summed E-state index contributed by atoms with van der Waals surface area (Å²) in [6.07, 6.45) is 0. The molecule has 2 N–H and O–H groups in total. The topological polar surface area (TPSA) is 53.6 Å². The number of rotatable bonds is 2. The van der Waals surface area contributed by atoms with Gasteiger partial charge in [-0.15, -0.1) is 0 Å². The third-order valence-electron chi connectivity index (χ3n) is 5.81. The predicted octanol–water partition coefficient (Wildman–Crippen LogP) is 5.53. The first kappa shape index (κ1) is 20.7. The summed E-state index contributed by atoms with van der Waals surface area (Å²) in [5.74, 6) is 0. The summed E-state index contributed by atoms with van der Waals surface area (Å²) in [5, 5.41) is 21.4. The minimum Gasteiger partial charge on any atom is -0.456 e. The Morgan fingerprint density at radius 2 is 1.23 bits per heavy atom. The Kier molecular flexibility index (Phi) is 4.83. The zero-order valence-electron chi connectivity index (χ0n) is 18.6. The maximum absolute atomic E-state index is 9.78. The molecule has 0 radical (unpaired) electrons. The smallest absolute Gasteiger partial charge is 0.456 e. The van der Waals surface area contributed by atoms with E-state index in [1.807, 2.05) is 24.3 Å². The lowest BCUT2D eigenvalue weighted by molar-refractivity contribution is 0.425. The average molecular weight is 400 g/mol. The van der Waals surface area contributed by atoms with Crippen LogP contribution in [0.5, 0.6) is 0 Å². The molecule has 1 heterocycles. The monoisotopic (exact) mass is 400 g/mol. The van der Waals surface area contributed by atoms with Crippen LogP contribution in [0.2, 0.25) is 0 Å². The lowest BCUT2D eigenvalue weighted by atomic mass is 9.78. The largest absolute Gasteiger partial charge is 0.492 e. The lowest BCUT2D eigenvalue weighted by Crippen LogP contribution is -2.29. The minimum absolute atomic E-state index is 0.0198. The van der Waals surface area contributed by atoms with Gasteiger partial charge in [0, 0.05) is 21.8 Å². The number of para-hydroxylation sites is 2. The van der Waals surface area contributed by atoms with Crippen LogP contribution >= 0.6 is 0 Å². The number of hydrogen-bond donors (Lipinski definition) is 2. The van der Waals surface area contributed by atoms with Gasteiger partial charge in [-0.1, -0.05) is 96.1 Å². The summed E-state index contributed by atoms with van der Waals surface area (Å²) >= 11 is 0. The summed E-state index contributed by atoms with van der Waals surface area (Å²) < 4.78 is 6.26. The normalized spacial score (nSPS) is 12.7. The van der Waals surface area contributed by atoms with E-state index in [1.54, 1.807) is 6.07 Å². The highest BCUT2D eigenvalue weighted by molar-refractivity contribution is 6.61. The number of hydrogen-bond acceptors (Lipinski definition) is 3. The van der Waals surface area contributed by atoms with Gasteiger partial charge in [0.1, 0.15) is 11.2 Å². The highest BCUT2D eigenvalue weighted by Gasteiger charge is 2.23. The van der Waals surface area contributed by atoms with Gasteiger partial charge in [0.05, 0.1) is 0 Å². The molecule has 0 fully saturated rings. The van der Waals surface area contributed by atoms with Crippen LogP contribution in [0.4, 0.5) is 0 Å². The Bertz CT molecular complexity index is 1200. The van der Waals surface area contributed by atoms with Gasteiger partial charge in [-0.2, -0.15) is 0 Å². The van der Waals surface area contributed by atoms with Crippen molar-refractivity contribution in [3.63, 3.8) is 0 Å². The van der Waals surface area contributed by atoms with Gasteiger partial charge in [-0.05, 0) is 27.5 Å². The first-order valence-electron chi connectivity index (χ1n) is 10.4. The van der Waals surface area contributed by atoms with E-state index >= 15 is 0 Å². The highest BCUT2D eigenvalue weighted by atomic mass is 16.4. The molecule has 0 saturated heterocycles. The van der Waals surface area contributed by atoms with E-state index in [4.69, 9.17) is 4.42 Å². The quantitative estimate of drug-likeness (QED) is 0.435. The second-order valence-corrected chi connectivity index (χ2v) is 10.2. The van der Waals surface area contributed by atoms with Gasteiger partial charge in [0.15, 0.2) is 0 Å². The van der Waals surface area contributed by atoms with Gasteiger partial charge in [-0.3, -0.25) is 0 Å². The van der Waals surface area contributed by atoms with Gasteiger partial charge in [0.2, 0.25) is 0 Å². The number of benzene rings is 3. The molecule has 0 amide bonds. The van der Waals surface area contributed by atoms with Gasteiger partial charge >= 0.3 is 7.12 Å². The van der Waals surface area contributed by atoms with Crippen molar-refractivity contribution in [2.75, 3.05) is 0 Å². The lowest BCUT2D eigenvalue weighted by Gasteiger charge is -2.26. The summed E-state index contributed by atoms with van der Waals surface area (Å²) in [5.41, 5.74) is 6.41. The minimum atomic E-state index is -1.57. The van der Waals surface area contributed by atoms with Crippen molar-refractivity contribution in [2.45, 2.75) is 52.4 Å². The van der Waals surface area contributed by atoms with E-state index in [0.29, 0.717) is 11.0 Å². The molecule has 4 rings (SSSR count). The van der Waals surface area contributed by atoms with Crippen molar-refractivity contribution in [2.24, 2.45) is 0 Å². The Balaban J connectivity index is 2.05. The van der Waals surface area contributed by atoms with Gasteiger partial charge in [-0.25, -0.2) is 0 Å². The van der Waals surface area contributed by atoms with Crippen molar-refractivity contribution in [1.82, 2.24) is 0 Å². The molecular formula is C26H29BO3. The van der Waals surface area contributed by atoms with Crippen molar-refractivity contribution < 1.29 is 14.5 Å². The fraction of sp³-hybridized carbons (Fsp3) is 0.308. The summed E-state index contributed by atoms with van der Waals surface area (Å²) in [6.45, 7) is 13.4. The zero-order chi connectivity index (χ0) is 21.8. The molecule has 0 unspecified atom stereocenters. The van der Waals surface area contributed by atoms with Crippen LogP contribution in [0.25, 0.3) is 33.1 Å². The van der Waals surface area contributed by atoms with E-state index in [0.717, 1.165) is 27.5 Å². The van der Waals surface area contributed by atoms with E-state index in [9.17, 15) is 10.0 Å². The number of furan rings is 1. The fourth-order valence-corrected chi connectivity index (χ4v) is 3.92. The van der Waals surface area contributed by atoms with Gasteiger partial charge < -0.3 is 14.5 Å². The van der Waals surface area contributed by atoms with Crippen molar-refractivity contribution in [1.29, 1.82) is 0 Å². The second-order valence-electron chi connectivity index (χ2n) is 10.2. The van der Waals surface area contributed by atoms with E-state index in [-0.39, 0.29) is 10.8 Å². The predicted molar refractivity (Wildman–Crippen MR) is 126 cm³/mol. The molecule has 0 bridgehead atoms. The van der Waals surface area contributed by atoms with Crippen LogP contribution < -0.4 is 5.46 Å². The van der Waals surface area contributed by atoms with Crippen LogP contribution in [0.15, 0.2) is 59.0 Å². The molecule has 0 aliphatic carbocycles. The van der Waals surface area contributed by atoms with E-state index < -0.39 is 7.12 Å². The molecule has 0 saturated carbocycles. The molecule has 154 valence electrons. The SMILES string of the molecule is CC(C)(C)c1cc(-c2cccc3c2oc2c(B(O)O)cccc23)cc(C(C)(C)C)c1. The molecule has 4 heteroatoms. The first-order valence-corrected chi connectivity index (χ1v) is 10.4. The van der Waals surface area contributed by atoms with Crippen LogP contribution in [0, 0.1) is 0 Å². The molecular weight excluding hydrogens is 371 g/mol. The standard InChI is InChI=1S/C26H29BO3/c1-25(2,3)17-13-16(14-18(15-17)26(4,5)6)19-9-7-10-20-21-11-8-12-22(27(28)29)24(21)30-23(19)20/h7-15,28-29H,1-6H3. The fourth-order valence-electron chi connectivity index (χ4n) is 3.92. The Hall–Kier alpha value is -2.56. The average Bonchev–Trinajstić information content (AvgIpc) is 3.04. The van der Waals surface area contributed by atoms with Crippen molar-refractivity contribution >= 4 is 34.5 Å². The maximum Gasteiger partial charge on any atom is 0.492 e. The van der Waals surface area contributed by atoms with E-state index in [2.05, 4.69) is 65.8 Å².